The van der Waals surface area contributed by atoms with Gasteiger partial charge < -0.3 is 5.32 Å². The molecule has 0 aliphatic heterocycles. The molecule has 0 spiro atoms. The molecule has 0 amide bonds. The minimum atomic E-state index is 0.757. The van der Waals surface area contributed by atoms with Crippen molar-refractivity contribution < 1.29 is 0 Å². The summed E-state index contributed by atoms with van der Waals surface area (Å²) in [5.41, 5.74) is 2.73. The number of hydrogen-bond donors (Lipinski definition) is 2. The Balaban J connectivity index is 1.85. The van der Waals surface area contributed by atoms with Crippen LogP contribution in [-0.4, -0.2) is 15.2 Å². The zero-order valence-corrected chi connectivity index (χ0v) is 11.6. The molecule has 2 aromatic heterocycles. The van der Waals surface area contributed by atoms with Crippen molar-refractivity contribution in [1.82, 2.24) is 15.2 Å². The first kappa shape index (κ1) is 11.9. The third-order valence-electron chi connectivity index (χ3n) is 2.66. The number of hydrogen-bond acceptors (Lipinski definition) is 3. The van der Waals surface area contributed by atoms with Gasteiger partial charge in [-0.15, -0.1) is 0 Å². The van der Waals surface area contributed by atoms with Gasteiger partial charge in [0.15, 0.2) is 5.82 Å². The number of aromatic nitrogens is 3. The van der Waals surface area contributed by atoms with Crippen LogP contribution in [0.1, 0.15) is 0 Å². The van der Waals surface area contributed by atoms with E-state index in [2.05, 4.69) is 36.4 Å². The van der Waals surface area contributed by atoms with E-state index in [1.54, 1.807) is 6.20 Å². The number of benzene rings is 1. The summed E-state index contributed by atoms with van der Waals surface area (Å²) < 4.78 is 0.998. The van der Waals surface area contributed by atoms with Crippen LogP contribution in [0.4, 0.5) is 11.5 Å². The van der Waals surface area contributed by atoms with Crippen molar-refractivity contribution in [2.24, 2.45) is 0 Å². The highest BCUT2D eigenvalue weighted by Crippen LogP contribution is 2.26. The molecule has 5 heteroatoms. The second-order valence-electron chi connectivity index (χ2n) is 3.99. The van der Waals surface area contributed by atoms with Crippen LogP contribution in [0, 0.1) is 0 Å². The Morgan fingerprint density at radius 2 is 1.89 bits per heavy atom. The minimum Gasteiger partial charge on any atom is -0.338 e. The third-order valence-corrected chi connectivity index (χ3v) is 3.35. The van der Waals surface area contributed by atoms with Crippen LogP contribution in [0.25, 0.3) is 11.4 Å². The predicted molar refractivity (Wildman–Crippen MR) is 79.2 cm³/mol. The van der Waals surface area contributed by atoms with Gasteiger partial charge in [-0.2, -0.15) is 5.10 Å². The smallest absolute Gasteiger partial charge is 0.152 e. The Kier molecular flexibility index (Phi) is 3.29. The molecule has 0 radical (unpaired) electrons. The molecule has 0 saturated carbocycles. The van der Waals surface area contributed by atoms with Gasteiger partial charge in [0.1, 0.15) is 0 Å². The number of para-hydroxylation sites is 1. The number of halogens is 1. The number of nitrogens with zero attached hydrogens (tertiary/aromatic N) is 2. The molecular formula is C14H11BrN4. The van der Waals surface area contributed by atoms with Gasteiger partial charge in [-0.3, -0.25) is 10.1 Å². The third kappa shape index (κ3) is 2.66. The summed E-state index contributed by atoms with van der Waals surface area (Å²) in [6.07, 6.45) is 1.76. The Labute approximate surface area is 119 Å². The average Bonchev–Trinajstić information content (AvgIpc) is 2.91. The van der Waals surface area contributed by atoms with E-state index < -0.39 is 0 Å². The topological polar surface area (TPSA) is 53.6 Å². The van der Waals surface area contributed by atoms with Crippen molar-refractivity contribution in [3.63, 3.8) is 0 Å². The second-order valence-corrected chi connectivity index (χ2v) is 4.84. The van der Waals surface area contributed by atoms with E-state index >= 15 is 0 Å². The average molecular weight is 315 g/mol. The molecule has 0 atom stereocenters. The lowest BCUT2D eigenvalue weighted by atomic mass is 10.2. The van der Waals surface area contributed by atoms with Gasteiger partial charge in [-0.25, -0.2) is 0 Å². The van der Waals surface area contributed by atoms with Crippen LogP contribution in [0.3, 0.4) is 0 Å². The van der Waals surface area contributed by atoms with E-state index in [4.69, 9.17) is 0 Å². The summed E-state index contributed by atoms with van der Waals surface area (Å²) in [6, 6.07) is 15.6. The van der Waals surface area contributed by atoms with Crippen molar-refractivity contribution in [1.29, 1.82) is 0 Å². The van der Waals surface area contributed by atoms with E-state index in [0.717, 1.165) is 27.4 Å². The molecule has 3 rings (SSSR count). The van der Waals surface area contributed by atoms with Gasteiger partial charge in [-0.1, -0.05) is 18.2 Å². The molecule has 0 bridgehead atoms. The van der Waals surface area contributed by atoms with Crippen molar-refractivity contribution in [2.75, 3.05) is 5.32 Å². The summed E-state index contributed by atoms with van der Waals surface area (Å²) in [5.74, 6) is 0.757. The molecule has 1 aromatic carbocycles. The lowest BCUT2D eigenvalue weighted by Gasteiger charge is -2.04. The number of anilines is 2. The van der Waals surface area contributed by atoms with Crippen molar-refractivity contribution in [2.45, 2.75) is 0 Å². The van der Waals surface area contributed by atoms with E-state index in [9.17, 15) is 0 Å². The maximum atomic E-state index is 4.28. The highest BCUT2D eigenvalue weighted by Gasteiger charge is 2.05. The monoisotopic (exact) mass is 314 g/mol. The predicted octanol–water partition coefficient (Wildman–Crippen LogP) is 3.98. The molecule has 0 saturated heterocycles. The Morgan fingerprint density at radius 1 is 1.05 bits per heavy atom. The number of H-pyrrole nitrogens is 1. The van der Waals surface area contributed by atoms with Gasteiger partial charge in [0.25, 0.3) is 0 Å². The zero-order valence-electron chi connectivity index (χ0n) is 9.97. The molecule has 4 nitrogen and oxygen atoms in total. The fourth-order valence-corrected chi connectivity index (χ4v) is 2.12. The molecule has 94 valence electrons. The maximum absolute atomic E-state index is 4.28. The lowest BCUT2D eigenvalue weighted by molar-refractivity contribution is 1.09. The van der Waals surface area contributed by atoms with Crippen LogP contribution < -0.4 is 5.32 Å². The molecule has 19 heavy (non-hydrogen) atoms. The number of rotatable bonds is 3. The first-order valence-electron chi connectivity index (χ1n) is 5.81. The fourth-order valence-electron chi connectivity index (χ4n) is 1.74. The van der Waals surface area contributed by atoms with Crippen LogP contribution in [0.2, 0.25) is 0 Å². The van der Waals surface area contributed by atoms with E-state index in [1.165, 1.54) is 0 Å². The van der Waals surface area contributed by atoms with Crippen molar-refractivity contribution >= 4 is 27.4 Å². The SMILES string of the molecule is Brc1ccccc1Nc1cc(-c2ccccn2)[nH]n1. The Hall–Kier alpha value is -2.14. The van der Waals surface area contributed by atoms with Crippen LogP contribution in [0.5, 0.6) is 0 Å². The normalized spacial score (nSPS) is 10.4. The van der Waals surface area contributed by atoms with E-state index in [0.29, 0.717) is 0 Å². The highest BCUT2D eigenvalue weighted by molar-refractivity contribution is 9.10. The van der Waals surface area contributed by atoms with Crippen LogP contribution in [-0.2, 0) is 0 Å². The van der Waals surface area contributed by atoms with E-state index in [-0.39, 0.29) is 0 Å². The van der Waals surface area contributed by atoms with Gasteiger partial charge in [-0.05, 0) is 40.2 Å². The first-order valence-corrected chi connectivity index (χ1v) is 6.60. The summed E-state index contributed by atoms with van der Waals surface area (Å²) in [7, 11) is 0. The number of aromatic amines is 1. The summed E-state index contributed by atoms with van der Waals surface area (Å²) in [6.45, 7) is 0. The van der Waals surface area contributed by atoms with Gasteiger partial charge in [0, 0.05) is 16.7 Å². The number of pyridine rings is 1. The van der Waals surface area contributed by atoms with Crippen molar-refractivity contribution in [3.05, 3.63) is 59.2 Å². The standard InChI is InChI=1S/C14H11BrN4/c15-10-5-1-2-6-11(10)17-14-9-13(18-19-14)12-7-3-4-8-16-12/h1-9H,(H2,17,18,19). The molecule has 0 aliphatic carbocycles. The molecule has 3 aromatic rings. The molecule has 2 N–H and O–H groups in total. The first-order chi connectivity index (χ1) is 9.33. The Morgan fingerprint density at radius 3 is 2.68 bits per heavy atom. The number of nitrogens with one attached hydrogen (secondary N) is 2. The zero-order chi connectivity index (χ0) is 13.1. The van der Waals surface area contributed by atoms with Crippen LogP contribution >= 0.6 is 15.9 Å². The highest BCUT2D eigenvalue weighted by atomic mass is 79.9. The van der Waals surface area contributed by atoms with Gasteiger partial charge in [0.2, 0.25) is 0 Å². The molecule has 2 heterocycles. The minimum absolute atomic E-state index is 0.757. The maximum Gasteiger partial charge on any atom is 0.152 e. The van der Waals surface area contributed by atoms with E-state index in [1.807, 2.05) is 48.5 Å². The molecule has 0 fully saturated rings. The summed E-state index contributed by atoms with van der Waals surface area (Å²) in [4.78, 5) is 4.28. The lowest BCUT2D eigenvalue weighted by Crippen LogP contribution is -1.90. The summed E-state index contributed by atoms with van der Waals surface area (Å²) >= 11 is 3.49. The largest absolute Gasteiger partial charge is 0.338 e. The fraction of sp³-hybridized carbons (Fsp3) is 0. The quantitative estimate of drug-likeness (QED) is 0.769. The van der Waals surface area contributed by atoms with Gasteiger partial charge >= 0.3 is 0 Å². The molecular weight excluding hydrogens is 304 g/mol. The molecule has 0 unspecified atom stereocenters. The second kappa shape index (κ2) is 5.24. The van der Waals surface area contributed by atoms with Gasteiger partial charge in [0.05, 0.1) is 17.1 Å². The molecule has 0 aliphatic rings. The van der Waals surface area contributed by atoms with Crippen molar-refractivity contribution in [3.8, 4) is 11.4 Å². The Bertz CT molecular complexity index is 679. The van der Waals surface area contributed by atoms with Crippen LogP contribution in [0.15, 0.2) is 59.2 Å². The summed E-state index contributed by atoms with van der Waals surface area (Å²) in [5, 5.41) is 10.4.